The van der Waals surface area contributed by atoms with Crippen molar-refractivity contribution in [2.75, 3.05) is 13.2 Å². The summed E-state index contributed by atoms with van der Waals surface area (Å²) in [5, 5.41) is 0.0260. The highest BCUT2D eigenvalue weighted by atomic mass is 35.5. The fourth-order valence-corrected chi connectivity index (χ4v) is 1.22. The predicted octanol–water partition coefficient (Wildman–Crippen LogP) is 4.40. The molecule has 0 aliphatic heterocycles. The lowest BCUT2D eigenvalue weighted by atomic mass is 10.3. The van der Waals surface area contributed by atoms with Gasteiger partial charge in [-0.05, 0) is 32.0 Å². The van der Waals surface area contributed by atoms with Crippen LogP contribution in [0.1, 0.15) is 13.8 Å². The molecule has 1 rings (SSSR count). The lowest BCUT2D eigenvalue weighted by Crippen LogP contribution is -2.10. The van der Waals surface area contributed by atoms with Crippen molar-refractivity contribution in [1.29, 1.82) is 0 Å². The van der Waals surface area contributed by atoms with Crippen LogP contribution in [0.4, 0.5) is 14.0 Å². The van der Waals surface area contributed by atoms with E-state index >= 15 is 0 Å². The van der Waals surface area contributed by atoms with Crippen LogP contribution in [0.3, 0.4) is 0 Å². The SMILES string of the molecule is CCOC(=O)Cl.CCOC(=O)Oc1ccc(F)cc1Cl. The van der Waals surface area contributed by atoms with Crippen molar-refractivity contribution in [1.82, 2.24) is 0 Å². The van der Waals surface area contributed by atoms with Gasteiger partial charge in [0.05, 0.1) is 18.2 Å². The quantitative estimate of drug-likeness (QED) is 0.468. The molecule has 0 N–H and O–H groups in total. The molecule has 0 aliphatic rings. The van der Waals surface area contributed by atoms with Crippen LogP contribution in [0.2, 0.25) is 5.02 Å². The van der Waals surface area contributed by atoms with Crippen LogP contribution in [-0.2, 0) is 9.47 Å². The zero-order valence-corrected chi connectivity index (χ0v) is 12.3. The van der Waals surface area contributed by atoms with Gasteiger partial charge in [0.25, 0.3) is 0 Å². The molecule has 0 amide bonds. The summed E-state index contributed by atoms with van der Waals surface area (Å²) in [6.45, 7) is 3.90. The average Bonchev–Trinajstić information content (AvgIpc) is 2.34. The molecule has 0 saturated carbocycles. The molecule has 5 nitrogen and oxygen atoms in total. The first-order valence-corrected chi connectivity index (χ1v) is 6.28. The van der Waals surface area contributed by atoms with E-state index in [1.54, 1.807) is 13.8 Å². The minimum Gasteiger partial charge on any atom is -0.454 e. The van der Waals surface area contributed by atoms with Crippen LogP contribution in [0.15, 0.2) is 18.2 Å². The van der Waals surface area contributed by atoms with Gasteiger partial charge in [0.1, 0.15) is 5.82 Å². The normalized spacial score (nSPS) is 9.05. The maximum absolute atomic E-state index is 12.6. The maximum Gasteiger partial charge on any atom is 0.513 e. The van der Waals surface area contributed by atoms with Gasteiger partial charge in [-0.1, -0.05) is 11.6 Å². The summed E-state index contributed by atoms with van der Waals surface area (Å²) in [5.74, 6) is -0.419. The molecule has 0 aromatic heterocycles. The Morgan fingerprint density at radius 1 is 1.20 bits per heavy atom. The Balaban J connectivity index is 0.000000511. The highest BCUT2D eigenvalue weighted by molar-refractivity contribution is 6.61. The van der Waals surface area contributed by atoms with E-state index in [2.05, 4.69) is 14.2 Å². The van der Waals surface area contributed by atoms with E-state index in [0.717, 1.165) is 12.1 Å². The van der Waals surface area contributed by atoms with E-state index in [9.17, 15) is 14.0 Å². The first-order valence-electron chi connectivity index (χ1n) is 5.52. The van der Waals surface area contributed by atoms with Gasteiger partial charge in [-0.25, -0.2) is 14.0 Å². The fourth-order valence-electron chi connectivity index (χ4n) is 0.909. The Morgan fingerprint density at radius 3 is 2.20 bits per heavy atom. The lowest BCUT2D eigenvalue weighted by molar-refractivity contribution is 0.104. The van der Waals surface area contributed by atoms with E-state index in [-0.39, 0.29) is 17.4 Å². The monoisotopic (exact) mass is 326 g/mol. The Morgan fingerprint density at radius 2 is 1.80 bits per heavy atom. The second-order valence-corrected chi connectivity index (χ2v) is 3.75. The van der Waals surface area contributed by atoms with Gasteiger partial charge in [0, 0.05) is 11.6 Å². The summed E-state index contributed by atoms with van der Waals surface area (Å²) in [5.41, 5.74) is -0.738. The molecule has 0 saturated heterocycles. The van der Waals surface area contributed by atoms with E-state index in [1.165, 1.54) is 6.07 Å². The van der Waals surface area contributed by atoms with Crippen molar-refractivity contribution in [3.8, 4) is 5.75 Å². The van der Waals surface area contributed by atoms with Crippen LogP contribution < -0.4 is 4.74 Å². The van der Waals surface area contributed by atoms with Crippen molar-refractivity contribution in [2.45, 2.75) is 13.8 Å². The van der Waals surface area contributed by atoms with E-state index in [4.69, 9.17) is 23.2 Å². The smallest absolute Gasteiger partial charge is 0.454 e. The fraction of sp³-hybridized carbons (Fsp3) is 0.333. The molecule has 20 heavy (non-hydrogen) atoms. The molecule has 0 heterocycles. The van der Waals surface area contributed by atoms with Crippen LogP contribution in [-0.4, -0.2) is 24.8 Å². The van der Waals surface area contributed by atoms with Crippen molar-refractivity contribution < 1.29 is 28.2 Å². The Hall–Kier alpha value is -1.53. The van der Waals surface area contributed by atoms with Crippen molar-refractivity contribution in [3.05, 3.63) is 29.0 Å². The zero-order valence-electron chi connectivity index (χ0n) is 10.8. The lowest BCUT2D eigenvalue weighted by Gasteiger charge is -2.05. The molecular weight excluding hydrogens is 314 g/mol. The standard InChI is InChI=1S/C9H8ClFO3.C3H5ClO2/c1-2-13-9(12)14-8-4-3-6(11)5-7(8)10;1-2-6-3(4)5/h3-5H,2H2,1H3;2H2,1H3. The predicted molar refractivity (Wildman–Crippen MR) is 71.9 cm³/mol. The molecule has 1 aromatic carbocycles. The van der Waals surface area contributed by atoms with Crippen LogP contribution in [0.25, 0.3) is 0 Å². The molecule has 0 bridgehead atoms. The van der Waals surface area contributed by atoms with E-state index in [1.807, 2.05) is 0 Å². The van der Waals surface area contributed by atoms with Crippen LogP contribution >= 0.6 is 23.2 Å². The maximum atomic E-state index is 12.6. The Labute approximate surface area is 125 Å². The molecule has 0 atom stereocenters. The van der Waals surface area contributed by atoms with Crippen molar-refractivity contribution in [2.24, 2.45) is 0 Å². The summed E-state index contributed by atoms with van der Waals surface area (Å²) < 4.78 is 25.9. The van der Waals surface area contributed by atoms with Crippen molar-refractivity contribution >= 4 is 34.8 Å². The third-order valence-electron chi connectivity index (χ3n) is 1.61. The summed E-state index contributed by atoms with van der Waals surface area (Å²) >= 11 is 10.3. The minimum absolute atomic E-state index is 0.0260. The molecule has 8 heteroatoms. The molecular formula is C12H13Cl2FO5. The van der Waals surface area contributed by atoms with Crippen LogP contribution in [0, 0.1) is 5.82 Å². The summed E-state index contributed by atoms with van der Waals surface area (Å²) in [6, 6.07) is 3.45. The largest absolute Gasteiger partial charge is 0.513 e. The van der Waals surface area contributed by atoms with Gasteiger partial charge in [-0.2, -0.15) is 0 Å². The highest BCUT2D eigenvalue weighted by Crippen LogP contribution is 2.25. The third-order valence-corrected chi connectivity index (χ3v) is 2.01. The highest BCUT2D eigenvalue weighted by Gasteiger charge is 2.09. The summed E-state index contributed by atoms with van der Waals surface area (Å²) in [7, 11) is 0. The Bertz CT molecular complexity index is 453. The molecule has 0 unspecified atom stereocenters. The molecule has 1 aromatic rings. The number of carbonyl (C=O) groups excluding carboxylic acids is 2. The first kappa shape index (κ1) is 18.5. The minimum atomic E-state index is -0.860. The van der Waals surface area contributed by atoms with E-state index in [0.29, 0.717) is 6.61 Å². The Kier molecular flexibility index (Phi) is 9.49. The molecule has 0 fully saturated rings. The van der Waals surface area contributed by atoms with Gasteiger partial charge in [-0.3, -0.25) is 0 Å². The second kappa shape index (κ2) is 10.3. The van der Waals surface area contributed by atoms with Crippen molar-refractivity contribution in [3.63, 3.8) is 0 Å². The van der Waals surface area contributed by atoms with Gasteiger partial charge < -0.3 is 14.2 Å². The number of hydrogen-bond acceptors (Lipinski definition) is 5. The first-order chi connectivity index (χ1) is 9.40. The number of benzene rings is 1. The molecule has 112 valence electrons. The number of rotatable bonds is 3. The number of halogens is 3. The average molecular weight is 327 g/mol. The van der Waals surface area contributed by atoms with Crippen LogP contribution in [0.5, 0.6) is 5.75 Å². The van der Waals surface area contributed by atoms with E-state index < -0.39 is 17.4 Å². The third kappa shape index (κ3) is 8.55. The van der Waals surface area contributed by atoms with Gasteiger partial charge in [0.15, 0.2) is 5.75 Å². The molecule has 0 radical (unpaired) electrons. The van der Waals surface area contributed by atoms with Gasteiger partial charge in [-0.15, -0.1) is 0 Å². The van der Waals surface area contributed by atoms with Gasteiger partial charge in [0.2, 0.25) is 0 Å². The number of carbonyl (C=O) groups is 2. The second-order valence-electron chi connectivity index (χ2n) is 3.03. The molecule has 0 aliphatic carbocycles. The number of hydrogen-bond donors (Lipinski definition) is 0. The zero-order chi connectivity index (χ0) is 15.5. The topological polar surface area (TPSA) is 61.8 Å². The van der Waals surface area contributed by atoms with Gasteiger partial charge >= 0.3 is 11.6 Å². The summed E-state index contributed by atoms with van der Waals surface area (Å²) in [6.07, 6.45) is -0.860. The number of ether oxygens (including phenoxy) is 3. The molecule has 0 spiro atoms. The summed E-state index contributed by atoms with van der Waals surface area (Å²) in [4.78, 5) is 20.4.